The standard InChI is InChI=1S/C10H15IN2/c1-8(13-7-6-12)9-2-4-10(11)5-3-9/h2-5,8,13H,6-7,12H2,1H3. The molecule has 0 radical (unpaired) electrons. The summed E-state index contributed by atoms with van der Waals surface area (Å²) in [7, 11) is 0. The average molecular weight is 290 g/mol. The van der Waals surface area contributed by atoms with Gasteiger partial charge in [-0.2, -0.15) is 0 Å². The van der Waals surface area contributed by atoms with Crippen molar-refractivity contribution in [3.8, 4) is 0 Å². The van der Waals surface area contributed by atoms with E-state index in [0.717, 1.165) is 6.54 Å². The molecule has 0 heterocycles. The number of benzene rings is 1. The van der Waals surface area contributed by atoms with Crippen molar-refractivity contribution < 1.29 is 0 Å². The topological polar surface area (TPSA) is 38.0 Å². The fourth-order valence-electron chi connectivity index (χ4n) is 1.17. The van der Waals surface area contributed by atoms with Crippen LogP contribution in [0.5, 0.6) is 0 Å². The van der Waals surface area contributed by atoms with E-state index in [9.17, 15) is 0 Å². The normalized spacial score (nSPS) is 12.8. The molecule has 0 aliphatic carbocycles. The van der Waals surface area contributed by atoms with Crippen LogP contribution in [-0.4, -0.2) is 13.1 Å². The summed E-state index contributed by atoms with van der Waals surface area (Å²) in [6, 6.07) is 8.93. The van der Waals surface area contributed by atoms with Crippen LogP contribution in [0.4, 0.5) is 0 Å². The van der Waals surface area contributed by atoms with Gasteiger partial charge in [-0.25, -0.2) is 0 Å². The lowest BCUT2D eigenvalue weighted by atomic mass is 10.1. The molecule has 3 heteroatoms. The third-order valence-corrected chi connectivity index (χ3v) is 2.68. The molecule has 0 spiro atoms. The van der Waals surface area contributed by atoms with E-state index in [0.29, 0.717) is 12.6 Å². The Bertz CT molecular complexity index is 246. The largest absolute Gasteiger partial charge is 0.329 e. The molecule has 0 aromatic heterocycles. The molecular weight excluding hydrogens is 275 g/mol. The molecule has 1 rings (SSSR count). The summed E-state index contributed by atoms with van der Waals surface area (Å²) < 4.78 is 1.27. The van der Waals surface area contributed by atoms with Crippen molar-refractivity contribution in [3.63, 3.8) is 0 Å². The molecule has 1 atom stereocenters. The van der Waals surface area contributed by atoms with Crippen molar-refractivity contribution >= 4 is 22.6 Å². The van der Waals surface area contributed by atoms with Crippen LogP contribution in [0.15, 0.2) is 24.3 Å². The van der Waals surface area contributed by atoms with Crippen molar-refractivity contribution in [1.82, 2.24) is 5.32 Å². The molecule has 2 nitrogen and oxygen atoms in total. The fraction of sp³-hybridized carbons (Fsp3) is 0.400. The van der Waals surface area contributed by atoms with Gasteiger partial charge in [0.1, 0.15) is 0 Å². The average Bonchev–Trinajstić information content (AvgIpc) is 2.15. The second kappa shape index (κ2) is 5.57. The summed E-state index contributed by atoms with van der Waals surface area (Å²) in [6.45, 7) is 3.71. The zero-order valence-corrected chi connectivity index (χ0v) is 9.91. The van der Waals surface area contributed by atoms with E-state index >= 15 is 0 Å². The first kappa shape index (κ1) is 10.9. The van der Waals surface area contributed by atoms with Gasteiger partial charge in [-0.1, -0.05) is 12.1 Å². The summed E-state index contributed by atoms with van der Waals surface area (Å²) in [5.74, 6) is 0. The van der Waals surface area contributed by atoms with Gasteiger partial charge in [0.2, 0.25) is 0 Å². The van der Waals surface area contributed by atoms with E-state index < -0.39 is 0 Å². The van der Waals surface area contributed by atoms with Crippen molar-refractivity contribution in [3.05, 3.63) is 33.4 Å². The van der Waals surface area contributed by atoms with Crippen molar-refractivity contribution in [2.45, 2.75) is 13.0 Å². The Morgan fingerprint density at radius 2 is 2.00 bits per heavy atom. The number of hydrogen-bond donors (Lipinski definition) is 2. The minimum atomic E-state index is 0.389. The first-order valence-electron chi connectivity index (χ1n) is 4.43. The Labute approximate surface area is 93.0 Å². The summed E-state index contributed by atoms with van der Waals surface area (Å²) in [5.41, 5.74) is 6.73. The van der Waals surface area contributed by atoms with Gasteiger partial charge in [0, 0.05) is 22.7 Å². The predicted molar refractivity (Wildman–Crippen MR) is 64.6 cm³/mol. The van der Waals surface area contributed by atoms with Gasteiger partial charge < -0.3 is 11.1 Å². The number of halogens is 1. The lowest BCUT2D eigenvalue weighted by Crippen LogP contribution is -2.25. The number of rotatable bonds is 4. The smallest absolute Gasteiger partial charge is 0.0292 e. The van der Waals surface area contributed by atoms with Crippen molar-refractivity contribution in [2.24, 2.45) is 5.73 Å². The molecule has 0 saturated carbocycles. The van der Waals surface area contributed by atoms with Crippen LogP contribution in [0.2, 0.25) is 0 Å². The molecule has 13 heavy (non-hydrogen) atoms. The van der Waals surface area contributed by atoms with Gasteiger partial charge in [-0.15, -0.1) is 0 Å². The van der Waals surface area contributed by atoms with Crippen LogP contribution in [0.1, 0.15) is 18.5 Å². The first-order valence-corrected chi connectivity index (χ1v) is 5.51. The Kier molecular flexibility index (Phi) is 4.69. The molecular formula is C10H15IN2. The maximum absolute atomic E-state index is 5.42. The molecule has 72 valence electrons. The summed E-state index contributed by atoms with van der Waals surface area (Å²) >= 11 is 2.31. The van der Waals surface area contributed by atoms with Crippen molar-refractivity contribution in [2.75, 3.05) is 13.1 Å². The molecule has 1 aromatic rings. The zero-order valence-electron chi connectivity index (χ0n) is 7.76. The third-order valence-electron chi connectivity index (χ3n) is 1.96. The maximum atomic E-state index is 5.42. The van der Waals surface area contributed by atoms with Gasteiger partial charge in [0.05, 0.1) is 0 Å². The van der Waals surface area contributed by atoms with Gasteiger partial charge >= 0.3 is 0 Å². The summed E-state index contributed by atoms with van der Waals surface area (Å²) in [6.07, 6.45) is 0. The molecule has 1 aromatic carbocycles. The van der Waals surface area contributed by atoms with Gasteiger partial charge in [0.15, 0.2) is 0 Å². The van der Waals surface area contributed by atoms with Gasteiger partial charge in [-0.05, 0) is 47.2 Å². The van der Waals surface area contributed by atoms with E-state index in [1.54, 1.807) is 0 Å². The summed E-state index contributed by atoms with van der Waals surface area (Å²) in [4.78, 5) is 0. The van der Waals surface area contributed by atoms with Crippen molar-refractivity contribution in [1.29, 1.82) is 0 Å². The van der Waals surface area contributed by atoms with E-state index in [4.69, 9.17) is 5.73 Å². The van der Waals surface area contributed by atoms with Gasteiger partial charge in [0.25, 0.3) is 0 Å². The number of nitrogens with one attached hydrogen (secondary N) is 1. The van der Waals surface area contributed by atoms with E-state index in [2.05, 4.69) is 59.1 Å². The predicted octanol–water partition coefficient (Wildman–Crippen LogP) is 1.90. The molecule has 0 bridgehead atoms. The fourth-order valence-corrected chi connectivity index (χ4v) is 1.53. The minimum absolute atomic E-state index is 0.389. The van der Waals surface area contributed by atoms with E-state index in [1.165, 1.54) is 9.13 Å². The highest BCUT2D eigenvalue weighted by Crippen LogP contribution is 2.13. The van der Waals surface area contributed by atoms with Crippen LogP contribution in [-0.2, 0) is 0 Å². The second-order valence-electron chi connectivity index (χ2n) is 3.02. The second-order valence-corrected chi connectivity index (χ2v) is 4.26. The molecule has 1 unspecified atom stereocenters. The van der Waals surface area contributed by atoms with E-state index in [1.807, 2.05) is 0 Å². The highest BCUT2D eigenvalue weighted by molar-refractivity contribution is 14.1. The highest BCUT2D eigenvalue weighted by Gasteiger charge is 2.02. The van der Waals surface area contributed by atoms with Crippen LogP contribution >= 0.6 is 22.6 Å². The van der Waals surface area contributed by atoms with Crippen LogP contribution in [0.3, 0.4) is 0 Å². The van der Waals surface area contributed by atoms with Crippen LogP contribution in [0, 0.1) is 3.57 Å². The van der Waals surface area contributed by atoms with E-state index in [-0.39, 0.29) is 0 Å². The molecule has 0 fully saturated rings. The third kappa shape index (κ3) is 3.62. The monoisotopic (exact) mass is 290 g/mol. The Morgan fingerprint density at radius 1 is 1.38 bits per heavy atom. The lowest BCUT2D eigenvalue weighted by Gasteiger charge is -2.13. The van der Waals surface area contributed by atoms with Crippen LogP contribution < -0.4 is 11.1 Å². The lowest BCUT2D eigenvalue weighted by molar-refractivity contribution is 0.582. The Morgan fingerprint density at radius 3 is 2.54 bits per heavy atom. The maximum Gasteiger partial charge on any atom is 0.0292 e. The molecule has 0 aliphatic rings. The first-order chi connectivity index (χ1) is 6.24. The molecule has 0 aliphatic heterocycles. The highest BCUT2D eigenvalue weighted by atomic mass is 127. The summed E-state index contributed by atoms with van der Waals surface area (Å²) in [5, 5.41) is 3.34. The minimum Gasteiger partial charge on any atom is -0.329 e. The number of hydrogen-bond acceptors (Lipinski definition) is 2. The molecule has 3 N–H and O–H groups in total. The van der Waals surface area contributed by atoms with Crippen LogP contribution in [0.25, 0.3) is 0 Å². The zero-order chi connectivity index (χ0) is 9.68. The Hall–Kier alpha value is -0.130. The van der Waals surface area contributed by atoms with Gasteiger partial charge in [-0.3, -0.25) is 0 Å². The quantitative estimate of drug-likeness (QED) is 0.831. The SMILES string of the molecule is CC(NCCN)c1ccc(I)cc1. The number of nitrogens with two attached hydrogens (primary N) is 1. The molecule has 0 saturated heterocycles. The Balaban J connectivity index is 2.55. The molecule has 0 amide bonds.